The number of aromatic nitrogens is 2. The first kappa shape index (κ1) is 13.6. The lowest BCUT2D eigenvalue weighted by atomic mass is 10.1. The van der Waals surface area contributed by atoms with E-state index in [4.69, 9.17) is 23.2 Å². The summed E-state index contributed by atoms with van der Waals surface area (Å²) in [6, 6.07) is 7.66. The van der Waals surface area contributed by atoms with E-state index in [-0.39, 0.29) is 0 Å². The average molecular weight is 347 g/mol. The molecule has 0 atom stereocenters. The van der Waals surface area contributed by atoms with E-state index in [9.17, 15) is 0 Å². The monoisotopic (exact) mass is 345 g/mol. The van der Waals surface area contributed by atoms with Gasteiger partial charge in [0.15, 0.2) is 0 Å². The maximum Gasteiger partial charge on any atom is 0.227 e. The SMILES string of the molecule is CN(C)c1nc(Cl)c(-c2ccc(Br)cc2)c(Cl)n1. The molecule has 0 unspecified atom stereocenters. The number of anilines is 1. The van der Waals surface area contributed by atoms with Crippen LogP contribution in [-0.2, 0) is 0 Å². The molecule has 0 saturated heterocycles. The van der Waals surface area contributed by atoms with Crippen LogP contribution >= 0.6 is 39.1 Å². The molecule has 0 N–H and O–H groups in total. The van der Waals surface area contributed by atoms with Crippen molar-refractivity contribution in [1.29, 1.82) is 0 Å². The second-order valence-electron chi connectivity index (χ2n) is 3.88. The second-order valence-corrected chi connectivity index (χ2v) is 5.51. The Morgan fingerprint density at radius 2 is 1.50 bits per heavy atom. The third-order valence-electron chi connectivity index (χ3n) is 2.34. The van der Waals surface area contributed by atoms with Crippen LogP contribution < -0.4 is 4.90 Å². The highest BCUT2D eigenvalue weighted by Gasteiger charge is 2.14. The first-order chi connectivity index (χ1) is 8.49. The van der Waals surface area contributed by atoms with E-state index in [0.717, 1.165) is 10.0 Å². The van der Waals surface area contributed by atoms with Crippen molar-refractivity contribution in [1.82, 2.24) is 9.97 Å². The largest absolute Gasteiger partial charge is 0.347 e. The minimum atomic E-state index is 0.348. The molecule has 6 heteroatoms. The molecule has 0 aliphatic heterocycles. The summed E-state index contributed by atoms with van der Waals surface area (Å²) in [4.78, 5) is 10.2. The molecule has 0 amide bonds. The number of halogens is 3. The van der Waals surface area contributed by atoms with E-state index >= 15 is 0 Å². The summed E-state index contributed by atoms with van der Waals surface area (Å²) < 4.78 is 0.990. The Bertz CT molecular complexity index is 547. The van der Waals surface area contributed by atoms with Gasteiger partial charge in [0.1, 0.15) is 10.3 Å². The standard InChI is InChI=1S/C12H10BrCl2N3/c1-18(2)12-16-10(14)9(11(15)17-12)7-3-5-8(13)6-4-7/h3-6H,1-2H3. The van der Waals surface area contributed by atoms with Gasteiger partial charge in [0.05, 0.1) is 5.56 Å². The number of hydrogen-bond donors (Lipinski definition) is 0. The van der Waals surface area contributed by atoms with Gasteiger partial charge in [-0.15, -0.1) is 0 Å². The maximum atomic E-state index is 6.18. The molecule has 2 rings (SSSR count). The zero-order chi connectivity index (χ0) is 13.3. The lowest BCUT2D eigenvalue weighted by Gasteiger charge is -2.13. The molecular weight excluding hydrogens is 337 g/mol. The summed E-state index contributed by atoms with van der Waals surface area (Å²) in [5.74, 6) is 0.492. The highest BCUT2D eigenvalue weighted by atomic mass is 79.9. The van der Waals surface area contributed by atoms with Gasteiger partial charge in [-0.3, -0.25) is 0 Å². The van der Waals surface area contributed by atoms with Crippen LogP contribution in [0.4, 0.5) is 5.95 Å². The van der Waals surface area contributed by atoms with Gasteiger partial charge in [-0.05, 0) is 17.7 Å². The Balaban J connectivity index is 2.55. The van der Waals surface area contributed by atoms with E-state index in [1.54, 1.807) is 4.90 Å². The van der Waals surface area contributed by atoms with Crippen LogP contribution in [0, 0.1) is 0 Å². The van der Waals surface area contributed by atoms with Crippen LogP contribution in [-0.4, -0.2) is 24.1 Å². The van der Waals surface area contributed by atoms with E-state index in [0.29, 0.717) is 21.8 Å². The quantitative estimate of drug-likeness (QED) is 0.760. The van der Waals surface area contributed by atoms with Gasteiger partial charge in [-0.2, -0.15) is 0 Å². The Hall–Kier alpha value is -0.840. The van der Waals surface area contributed by atoms with Crippen molar-refractivity contribution in [3.05, 3.63) is 39.0 Å². The molecule has 0 aliphatic rings. The maximum absolute atomic E-state index is 6.18. The third kappa shape index (κ3) is 2.76. The van der Waals surface area contributed by atoms with Gasteiger partial charge in [0, 0.05) is 18.6 Å². The van der Waals surface area contributed by atoms with Gasteiger partial charge >= 0.3 is 0 Å². The molecule has 0 aliphatic carbocycles. The highest BCUT2D eigenvalue weighted by molar-refractivity contribution is 9.10. The van der Waals surface area contributed by atoms with Gasteiger partial charge in [0.2, 0.25) is 5.95 Å². The summed E-state index contributed by atoms with van der Waals surface area (Å²) in [6.07, 6.45) is 0. The summed E-state index contributed by atoms with van der Waals surface area (Å²) in [7, 11) is 3.67. The molecule has 1 aromatic heterocycles. The first-order valence-electron chi connectivity index (χ1n) is 5.15. The van der Waals surface area contributed by atoms with Crippen molar-refractivity contribution in [2.75, 3.05) is 19.0 Å². The zero-order valence-corrected chi connectivity index (χ0v) is 12.9. The van der Waals surface area contributed by atoms with Crippen LogP contribution in [0.1, 0.15) is 0 Å². The number of nitrogens with zero attached hydrogens (tertiary/aromatic N) is 3. The Kier molecular flexibility index (Phi) is 4.10. The normalized spacial score (nSPS) is 10.5. The number of hydrogen-bond acceptors (Lipinski definition) is 3. The van der Waals surface area contributed by atoms with Crippen molar-refractivity contribution in [2.45, 2.75) is 0 Å². The highest BCUT2D eigenvalue weighted by Crippen LogP contribution is 2.34. The Morgan fingerprint density at radius 1 is 1.00 bits per heavy atom. The predicted molar refractivity (Wildman–Crippen MR) is 79.5 cm³/mol. The van der Waals surface area contributed by atoms with Gasteiger partial charge in [-0.1, -0.05) is 51.3 Å². The molecule has 0 fully saturated rings. The molecule has 0 radical (unpaired) electrons. The fourth-order valence-electron chi connectivity index (χ4n) is 1.45. The molecule has 2 aromatic rings. The Labute approximate surface area is 124 Å². The predicted octanol–water partition coefficient (Wildman–Crippen LogP) is 4.28. The summed E-state index contributed by atoms with van der Waals surface area (Å²) in [5.41, 5.74) is 1.54. The lowest BCUT2D eigenvalue weighted by Crippen LogP contribution is -2.13. The van der Waals surface area contributed by atoms with Crippen molar-refractivity contribution >= 4 is 45.1 Å². The molecule has 94 valence electrons. The molecule has 3 nitrogen and oxygen atoms in total. The van der Waals surface area contributed by atoms with E-state index in [1.165, 1.54) is 0 Å². The lowest BCUT2D eigenvalue weighted by molar-refractivity contribution is 1.00. The van der Waals surface area contributed by atoms with Crippen molar-refractivity contribution in [2.24, 2.45) is 0 Å². The van der Waals surface area contributed by atoms with Gasteiger partial charge < -0.3 is 4.90 Å². The van der Waals surface area contributed by atoms with Crippen LogP contribution in [0.25, 0.3) is 11.1 Å². The van der Waals surface area contributed by atoms with Crippen LogP contribution in [0.2, 0.25) is 10.3 Å². The molecule has 18 heavy (non-hydrogen) atoms. The van der Waals surface area contributed by atoms with Crippen molar-refractivity contribution < 1.29 is 0 Å². The van der Waals surface area contributed by atoms with E-state index in [2.05, 4.69) is 25.9 Å². The first-order valence-corrected chi connectivity index (χ1v) is 6.70. The number of rotatable bonds is 2. The molecule has 0 spiro atoms. The minimum absolute atomic E-state index is 0.348. The van der Waals surface area contributed by atoms with E-state index in [1.807, 2.05) is 38.4 Å². The van der Waals surface area contributed by atoms with Gasteiger partial charge in [-0.25, -0.2) is 9.97 Å². The van der Waals surface area contributed by atoms with Crippen LogP contribution in [0.15, 0.2) is 28.7 Å². The smallest absolute Gasteiger partial charge is 0.227 e. The molecule has 0 bridgehead atoms. The fraction of sp³-hybridized carbons (Fsp3) is 0.167. The molecule has 0 saturated carbocycles. The zero-order valence-electron chi connectivity index (χ0n) is 9.78. The molecule has 1 heterocycles. The third-order valence-corrected chi connectivity index (χ3v) is 3.42. The average Bonchev–Trinajstić information content (AvgIpc) is 2.30. The summed E-state index contributed by atoms with van der Waals surface area (Å²) in [6.45, 7) is 0. The number of benzene rings is 1. The van der Waals surface area contributed by atoms with Crippen molar-refractivity contribution in [3.8, 4) is 11.1 Å². The van der Waals surface area contributed by atoms with Gasteiger partial charge in [0.25, 0.3) is 0 Å². The second kappa shape index (κ2) is 5.43. The molecular formula is C12H10BrCl2N3. The minimum Gasteiger partial charge on any atom is -0.347 e. The summed E-state index contributed by atoms with van der Waals surface area (Å²) in [5, 5.41) is 0.696. The van der Waals surface area contributed by atoms with Crippen molar-refractivity contribution in [3.63, 3.8) is 0 Å². The van der Waals surface area contributed by atoms with Crippen LogP contribution in [0.3, 0.4) is 0 Å². The topological polar surface area (TPSA) is 29.0 Å². The van der Waals surface area contributed by atoms with E-state index < -0.39 is 0 Å². The molecule has 1 aromatic carbocycles. The van der Waals surface area contributed by atoms with Crippen LogP contribution in [0.5, 0.6) is 0 Å². The Morgan fingerprint density at radius 3 is 1.94 bits per heavy atom. The summed E-state index contributed by atoms with van der Waals surface area (Å²) >= 11 is 15.7. The fourth-order valence-corrected chi connectivity index (χ4v) is 2.31.